The second-order valence-corrected chi connectivity index (χ2v) is 5.79. The van der Waals surface area contributed by atoms with Gasteiger partial charge in [0, 0.05) is 12.1 Å². The number of aliphatic imine (C=N–C) groups is 1. The van der Waals surface area contributed by atoms with E-state index in [1.165, 1.54) is 12.8 Å². The van der Waals surface area contributed by atoms with E-state index in [0.717, 1.165) is 17.4 Å². The quantitative estimate of drug-likeness (QED) is 0.392. The minimum absolute atomic E-state index is 0. The molecule has 1 aliphatic rings. The van der Waals surface area contributed by atoms with Crippen LogP contribution in [0.25, 0.3) is 0 Å². The predicted octanol–water partition coefficient (Wildman–Crippen LogP) is 2.39. The third-order valence-corrected chi connectivity index (χ3v) is 3.95. The zero-order valence-corrected chi connectivity index (χ0v) is 16.5. The number of guanidine groups is 1. The van der Waals surface area contributed by atoms with E-state index < -0.39 is 0 Å². The number of nitrogens with two attached hydrogens (primary N) is 1. The lowest BCUT2D eigenvalue weighted by atomic mass is 10.2. The van der Waals surface area contributed by atoms with E-state index in [-0.39, 0.29) is 24.0 Å². The van der Waals surface area contributed by atoms with Gasteiger partial charge in [-0.3, -0.25) is 4.99 Å². The average Bonchev–Trinajstić information content (AvgIpc) is 3.31. The molecule has 0 heterocycles. The number of hydrogen-bond donors (Lipinski definition) is 2. The van der Waals surface area contributed by atoms with Crippen molar-refractivity contribution >= 4 is 35.6 Å². The summed E-state index contributed by atoms with van der Waals surface area (Å²) in [6.07, 6.45) is 2.57. The fraction of sp³-hybridized carbons (Fsp3) is 0.562. The molecule has 0 aliphatic heterocycles. The third kappa shape index (κ3) is 5.72. The lowest BCUT2D eigenvalue weighted by molar-refractivity contribution is 0.271. The van der Waals surface area contributed by atoms with Gasteiger partial charge in [-0.05, 0) is 45.0 Å². The minimum Gasteiger partial charge on any atom is -0.497 e. The molecular formula is C16H27IN4O2. The van der Waals surface area contributed by atoms with Crippen LogP contribution in [0.4, 0.5) is 5.69 Å². The molecule has 1 saturated carbocycles. The van der Waals surface area contributed by atoms with Crippen molar-refractivity contribution in [3.05, 3.63) is 18.2 Å². The maximum absolute atomic E-state index is 6.01. The van der Waals surface area contributed by atoms with Crippen LogP contribution in [0.1, 0.15) is 12.8 Å². The highest BCUT2D eigenvalue weighted by Gasteiger charge is 2.32. The number of hydrogen-bond acceptors (Lipinski definition) is 4. The van der Waals surface area contributed by atoms with Crippen LogP contribution in [0, 0.1) is 5.92 Å². The van der Waals surface area contributed by atoms with Gasteiger partial charge in [0.15, 0.2) is 5.96 Å². The highest BCUT2D eigenvalue weighted by atomic mass is 127. The Kier molecular flexibility index (Phi) is 7.90. The van der Waals surface area contributed by atoms with Crippen molar-refractivity contribution in [2.24, 2.45) is 16.6 Å². The fourth-order valence-electron chi connectivity index (χ4n) is 2.50. The van der Waals surface area contributed by atoms with Crippen LogP contribution in [0.3, 0.4) is 0 Å². The van der Waals surface area contributed by atoms with Gasteiger partial charge in [0.05, 0.1) is 26.5 Å². The van der Waals surface area contributed by atoms with Gasteiger partial charge in [0.1, 0.15) is 11.5 Å². The molecule has 0 radical (unpaired) electrons. The third-order valence-electron chi connectivity index (χ3n) is 3.95. The number of likely N-dealkylation sites (N-methyl/N-ethyl adjacent to an activating group) is 1. The van der Waals surface area contributed by atoms with Gasteiger partial charge in [-0.25, -0.2) is 0 Å². The summed E-state index contributed by atoms with van der Waals surface area (Å²) in [5.74, 6) is 2.57. The van der Waals surface area contributed by atoms with E-state index in [1.54, 1.807) is 14.2 Å². The van der Waals surface area contributed by atoms with E-state index in [9.17, 15) is 0 Å². The summed E-state index contributed by atoms with van der Waals surface area (Å²) in [5.41, 5.74) is 6.76. The van der Waals surface area contributed by atoms with Crippen molar-refractivity contribution in [2.75, 3.05) is 40.2 Å². The van der Waals surface area contributed by atoms with Gasteiger partial charge in [-0.2, -0.15) is 0 Å². The molecule has 1 unspecified atom stereocenters. The van der Waals surface area contributed by atoms with Gasteiger partial charge >= 0.3 is 0 Å². The Morgan fingerprint density at radius 3 is 2.57 bits per heavy atom. The van der Waals surface area contributed by atoms with E-state index in [2.05, 4.69) is 29.3 Å². The maximum Gasteiger partial charge on any atom is 0.193 e. The van der Waals surface area contributed by atoms with E-state index in [0.29, 0.717) is 24.3 Å². The standard InChI is InChI=1S/C16H26N4O2.HI/c1-20(2)14(11-5-6-11)10-18-16(17)19-13-9-12(21-3)7-8-15(13)22-4;/h7-9,11,14H,5-6,10H2,1-4H3,(H3,17,18,19);1H. The molecule has 3 N–H and O–H groups in total. The summed E-state index contributed by atoms with van der Waals surface area (Å²) in [4.78, 5) is 6.70. The van der Waals surface area contributed by atoms with Gasteiger partial charge in [-0.1, -0.05) is 0 Å². The summed E-state index contributed by atoms with van der Waals surface area (Å²) in [6, 6.07) is 5.96. The van der Waals surface area contributed by atoms with Gasteiger partial charge in [0.2, 0.25) is 0 Å². The number of ether oxygens (including phenoxy) is 2. The molecule has 1 aromatic carbocycles. The summed E-state index contributed by atoms with van der Waals surface area (Å²) < 4.78 is 10.5. The minimum atomic E-state index is 0. The molecule has 1 fully saturated rings. The summed E-state index contributed by atoms with van der Waals surface area (Å²) in [7, 11) is 7.43. The van der Waals surface area contributed by atoms with Crippen molar-refractivity contribution in [3.8, 4) is 11.5 Å². The largest absolute Gasteiger partial charge is 0.497 e. The predicted molar refractivity (Wildman–Crippen MR) is 105 cm³/mol. The normalized spacial score (nSPS) is 15.8. The second-order valence-electron chi connectivity index (χ2n) is 5.79. The van der Waals surface area contributed by atoms with Crippen LogP contribution in [0.5, 0.6) is 11.5 Å². The van der Waals surface area contributed by atoms with Gasteiger partial charge in [0.25, 0.3) is 0 Å². The smallest absolute Gasteiger partial charge is 0.193 e. The highest BCUT2D eigenvalue weighted by Crippen LogP contribution is 2.34. The first-order valence-electron chi connectivity index (χ1n) is 7.50. The van der Waals surface area contributed by atoms with Crippen molar-refractivity contribution in [1.29, 1.82) is 0 Å². The fourth-order valence-corrected chi connectivity index (χ4v) is 2.50. The molecule has 130 valence electrons. The first kappa shape index (κ1) is 19.8. The second kappa shape index (κ2) is 9.17. The molecule has 6 nitrogen and oxygen atoms in total. The molecule has 1 aromatic rings. The molecule has 0 bridgehead atoms. The Hall–Kier alpha value is -1.22. The van der Waals surface area contributed by atoms with E-state index >= 15 is 0 Å². The van der Waals surface area contributed by atoms with Crippen LogP contribution in [-0.4, -0.2) is 51.8 Å². The number of halogens is 1. The molecule has 0 spiro atoms. The van der Waals surface area contributed by atoms with Crippen molar-refractivity contribution < 1.29 is 9.47 Å². The molecule has 2 rings (SSSR count). The molecule has 7 heteroatoms. The van der Waals surface area contributed by atoms with E-state index in [4.69, 9.17) is 15.2 Å². The summed E-state index contributed by atoms with van der Waals surface area (Å²) in [5, 5.41) is 3.09. The number of nitrogens with zero attached hydrogens (tertiary/aromatic N) is 2. The lowest BCUT2D eigenvalue weighted by Gasteiger charge is -2.22. The summed E-state index contributed by atoms with van der Waals surface area (Å²) in [6.45, 7) is 0.697. The first-order valence-corrected chi connectivity index (χ1v) is 7.50. The molecule has 0 amide bonds. The molecular weight excluding hydrogens is 407 g/mol. The first-order chi connectivity index (χ1) is 10.5. The Bertz CT molecular complexity index is 531. The number of methoxy groups -OCH3 is 2. The van der Waals surface area contributed by atoms with Crippen molar-refractivity contribution in [1.82, 2.24) is 4.90 Å². The number of rotatable bonds is 7. The lowest BCUT2D eigenvalue weighted by Crippen LogP contribution is -2.34. The van der Waals surface area contributed by atoms with Gasteiger partial charge in [-0.15, -0.1) is 24.0 Å². The topological polar surface area (TPSA) is 72.1 Å². The Morgan fingerprint density at radius 1 is 1.35 bits per heavy atom. The number of benzene rings is 1. The van der Waals surface area contributed by atoms with Crippen LogP contribution < -0.4 is 20.5 Å². The molecule has 1 aliphatic carbocycles. The zero-order chi connectivity index (χ0) is 16.1. The van der Waals surface area contributed by atoms with Crippen LogP contribution >= 0.6 is 24.0 Å². The van der Waals surface area contributed by atoms with Crippen LogP contribution in [0.2, 0.25) is 0 Å². The zero-order valence-electron chi connectivity index (χ0n) is 14.2. The average molecular weight is 434 g/mol. The maximum atomic E-state index is 6.01. The monoisotopic (exact) mass is 434 g/mol. The van der Waals surface area contributed by atoms with Gasteiger partial charge < -0.3 is 25.4 Å². The Balaban J connectivity index is 0.00000264. The van der Waals surface area contributed by atoms with Crippen molar-refractivity contribution in [2.45, 2.75) is 18.9 Å². The Labute approximate surface area is 155 Å². The molecule has 1 atom stereocenters. The molecule has 0 aromatic heterocycles. The SMILES string of the molecule is COc1ccc(OC)c(NC(N)=NCC(C2CC2)N(C)C)c1.I. The van der Waals surface area contributed by atoms with Crippen LogP contribution in [0.15, 0.2) is 23.2 Å². The Morgan fingerprint density at radius 2 is 2.04 bits per heavy atom. The number of nitrogens with one attached hydrogen (secondary N) is 1. The molecule has 23 heavy (non-hydrogen) atoms. The van der Waals surface area contributed by atoms with E-state index in [1.807, 2.05) is 18.2 Å². The number of anilines is 1. The summed E-state index contributed by atoms with van der Waals surface area (Å²) >= 11 is 0. The van der Waals surface area contributed by atoms with Crippen molar-refractivity contribution in [3.63, 3.8) is 0 Å². The van der Waals surface area contributed by atoms with Crippen LogP contribution in [-0.2, 0) is 0 Å². The molecule has 0 saturated heterocycles. The highest BCUT2D eigenvalue weighted by molar-refractivity contribution is 14.0.